The minimum Gasteiger partial charge on any atom is -0.478 e. The summed E-state index contributed by atoms with van der Waals surface area (Å²) in [6.07, 6.45) is 1.92. The van der Waals surface area contributed by atoms with E-state index in [2.05, 4.69) is 15.9 Å². The van der Waals surface area contributed by atoms with Crippen molar-refractivity contribution in [2.24, 2.45) is 0 Å². The Hall–Kier alpha value is -2.74. The molecule has 5 nitrogen and oxygen atoms in total. The van der Waals surface area contributed by atoms with E-state index < -0.39 is 28.1 Å². The van der Waals surface area contributed by atoms with Crippen molar-refractivity contribution >= 4 is 31.9 Å². The van der Waals surface area contributed by atoms with Gasteiger partial charge in [0.25, 0.3) is 0 Å². The smallest absolute Gasteiger partial charge is 0.333 e. The Kier molecular flexibility index (Phi) is 6.56. The largest absolute Gasteiger partial charge is 0.478 e. The number of aryl methyl sites for hydroxylation is 2. The third kappa shape index (κ3) is 4.53. The van der Waals surface area contributed by atoms with Crippen molar-refractivity contribution in [1.82, 2.24) is 4.31 Å². The fourth-order valence-electron chi connectivity index (χ4n) is 4.32. The number of hydrogen-bond donors (Lipinski definition) is 1. The van der Waals surface area contributed by atoms with Crippen molar-refractivity contribution in [3.63, 3.8) is 0 Å². The van der Waals surface area contributed by atoms with E-state index in [0.29, 0.717) is 11.1 Å². The summed E-state index contributed by atoms with van der Waals surface area (Å²) in [5, 5.41) is 10.0. The molecule has 1 N–H and O–H groups in total. The Morgan fingerprint density at radius 3 is 2.30 bits per heavy atom. The van der Waals surface area contributed by atoms with E-state index >= 15 is 0 Å². The maximum absolute atomic E-state index is 14.2. The number of halogens is 1. The predicted octanol–water partition coefficient (Wildman–Crippen LogP) is 5.95. The van der Waals surface area contributed by atoms with Crippen LogP contribution in [0.1, 0.15) is 40.8 Å². The lowest BCUT2D eigenvalue weighted by atomic mass is 9.89. The highest BCUT2D eigenvalue weighted by atomic mass is 79.9. The van der Waals surface area contributed by atoms with Crippen LogP contribution in [0.2, 0.25) is 0 Å². The van der Waals surface area contributed by atoms with Crippen molar-refractivity contribution in [2.75, 3.05) is 0 Å². The van der Waals surface area contributed by atoms with Crippen LogP contribution in [0, 0.1) is 13.8 Å². The molecular weight excluding hydrogens is 502 g/mol. The molecule has 0 fully saturated rings. The fourth-order valence-corrected chi connectivity index (χ4v) is 6.74. The molecular formula is C26H24BrNO4S. The van der Waals surface area contributed by atoms with Crippen molar-refractivity contribution in [3.8, 4) is 0 Å². The van der Waals surface area contributed by atoms with Gasteiger partial charge in [-0.05, 0) is 55.2 Å². The highest BCUT2D eigenvalue weighted by Crippen LogP contribution is 2.46. The van der Waals surface area contributed by atoms with Gasteiger partial charge in [0.05, 0.1) is 22.6 Å². The monoisotopic (exact) mass is 525 g/mol. The second-order valence-electron chi connectivity index (χ2n) is 8.18. The predicted molar refractivity (Wildman–Crippen MR) is 131 cm³/mol. The average Bonchev–Trinajstić information content (AvgIpc) is 2.78. The minimum absolute atomic E-state index is 0.0496. The van der Waals surface area contributed by atoms with E-state index in [1.807, 2.05) is 37.3 Å². The van der Waals surface area contributed by atoms with Crippen molar-refractivity contribution < 1.29 is 18.3 Å². The summed E-state index contributed by atoms with van der Waals surface area (Å²) in [7, 11) is -4.06. The Balaban J connectivity index is 2.00. The lowest BCUT2D eigenvalue weighted by molar-refractivity contribution is -0.133. The Morgan fingerprint density at radius 1 is 0.970 bits per heavy atom. The molecule has 33 heavy (non-hydrogen) atoms. The number of benzene rings is 3. The number of aliphatic carboxylic acids is 1. The molecule has 0 aliphatic carbocycles. The molecule has 0 saturated heterocycles. The number of carboxylic acids is 1. The zero-order valence-corrected chi connectivity index (χ0v) is 20.7. The summed E-state index contributed by atoms with van der Waals surface area (Å²) in [6.45, 7) is 3.72. The molecule has 0 amide bonds. The molecule has 7 heteroatoms. The van der Waals surface area contributed by atoms with Crippen LogP contribution in [0.15, 0.2) is 93.8 Å². The van der Waals surface area contributed by atoms with Crippen LogP contribution < -0.4 is 0 Å². The molecule has 3 aromatic rings. The standard InChI is InChI=1S/C26H24BrNO4S/c1-17-10-12-19(13-11-17)23-15-14-22(26(29)30)25(20-7-5-8-21(27)16-20)28(23)33(31,32)24-9-4-3-6-18(24)2/h3-14,16,23,25H,15H2,1-2H3,(H,29,30)/t23-,25-/m0/s1. The Labute approximate surface area is 202 Å². The SMILES string of the molecule is Cc1ccc([C@@H]2CC=C(C(=O)O)[C@H](c3cccc(Br)c3)N2S(=O)(=O)c2ccccc2C)cc1. The first-order valence-corrected chi connectivity index (χ1v) is 12.8. The Morgan fingerprint density at radius 2 is 1.67 bits per heavy atom. The van der Waals surface area contributed by atoms with Crippen molar-refractivity contribution in [1.29, 1.82) is 0 Å². The summed E-state index contributed by atoms with van der Waals surface area (Å²) in [5.74, 6) is -1.13. The molecule has 0 radical (unpaired) electrons. The van der Waals surface area contributed by atoms with Gasteiger partial charge in [-0.3, -0.25) is 0 Å². The molecule has 1 aliphatic heterocycles. The molecule has 0 unspecified atom stereocenters. The summed E-state index contributed by atoms with van der Waals surface area (Å²) in [6, 6.07) is 20.1. The average molecular weight is 526 g/mol. The number of sulfonamides is 1. The molecule has 0 spiro atoms. The van der Waals surface area contributed by atoms with Crippen LogP contribution in [-0.2, 0) is 14.8 Å². The summed E-state index contributed by atoms with van der Waals surface area (Å²) in [5.41, 5.74) is 3.13. The van der Waals surface area contributed by atoms with Gasteiger partial charge in [-0.15, -0.1) is 0 Å². The van der Waals surface area contributed by atoms with Crippen LogP contribution >= 0.6 is 15.9 Å². The number of hydrogen-bond acceptors (Lipinski definition) is 3. The topological polar surface area (TPSA) is 74.7 Å². The van der Waals surface area contributed by atoms with E-state index in [1.165, 1.54) is 4.31 Å². The molecule has 4 rings (SSSR count). The van der Waals surface area contributed by atoms with E-state index in [-0.39, 0.29) is 16.9 Å². The number of carboxylic acid groups (broad SMARTS) is 1. The van der Waals surface area contributed by atoms with E-state index in [0.717, 1.165) is 15.6 Å². The van der Waals surface area contributed by atoms with Crippen LogP contribution in [0.4, 0.5) is 0 Å². The normalized spacial score (nSPS) is 19.2. The highest BCUT2D eigenvalue weighted by molar-refractivity contribution is 9.10. The van der Waals surface area contributed by atoms with Gasteiger partial charge in [0.2, 0.25) is 10.0 Å². The van der Waals surface area contributed by atoms with E-state index in [9.17, 15) is 18.3 Å². The van der Waals surface area contributed by atoms with Gasteiger partial charge in [-0.25, -0.2) is 13.2 Å². The zero-order chi connectivity index (χ0) is 23.8. The molecule has 1 aliphatic rings. The van der Waals surface area contributed by atoms with Gasteiger partial charge in [0.15, 0.2) is 0 Å². The summed E-state index contributed by atoms with van der Waals surface area (Å²) in [4.78, 5) is 12.5. The maximum atomic E-state index is 14.2. The zero-order valence-electron chi connectivity index (χ0n) is 18.3. The lowest BCUT2D eigenvalue weighted by Gasteiger charge is -2.41. The number of rotatable bonds is 5. The maximum Gasteiger partial charge on any atom is 0.333 e. The second-order valence-corrected chi connectivity index (χ2v) is 10.9. The third-order valence-corrected chi connectivity index (χ3v) is 8.47. The van der Waals surface area contributed by atoms with Gasteiger partial charge < -0.3 is 5.11 Å². The summed E-state index contributed by atoms with van der Waals surface area (Å²) >= 11 is 3.45. The molecule has 2 atom stereocenters. The molecule has 3 aromatic carbocycles. The molecule has 1 heterocycles. The van der Waals surface area contributed by atoms with Crippen LogP contribution in [0.5, 0.6) is 0 Å². The number of carbonyl (C=O) groups is 1. The van der Waals surface area contributed by atoms with Gasteiger partial charge in [-0.2, -0.15) is 4.31 Å². The number of nitrogens with zero attached hydrogens (tertiary/aromatic N) is 1. The van der Waals surface area contributed by atoms with Crippen molar-refractivity contribution in [3.05, 3.63) is 111 Å². The van der Waals surface area contributed by atoms with Crippen LogP contribution in [0.3, 0.4) is 0 Å². The lowest BCUT2D eigenvalue weighted by Crippen LogP contribution is -2.42. The molecule has 0 aromatic heterocycles. The minimum atomic E-state index is -4.06. The van der Waals surface area contributed by atoms with Gasteiger partial charge >= 0.3 is 5.97 Å². The van der Waals surface area contributed by atoms with Crippen LogP contribution in [0.25, 0.3) is 0 Å². The molecule has 170 valence electrons. The molecule has 0 bridgehead atoms. The third-order valence-electron chi connectivity index (χ3n) is 5.94. The quantitative estimate of drug-likeness (QED) is 0.446. The van der Waals surface area contributed by atoms with Crippen LogP contribution in [-0.4, -0.2) is 23.8 Å². The highest BCUT2D eigenvalue weighted by Gasteiger charge is 2.44. The van der Waals surface area contributed by atoms with Gasteiger partial charge in [0, 0.05) is 4.47 Å². The Bertz CT molecular complexity index is 1330. The van der Waals surface area contributed by atoms with E-state index in [1.54, 1.807) is 55.5 Å². The first-order chi connectivity index (χ1) is 15.7. The first-order valence-electron chi connectivity index (χ1n) is 10.5. The fraction of sp³-hybridized carbons (Fsp3) is 0.192. The first kappa shape index (κ1) is 23.4. The van der Waals surface area contributed by atoms with Gasteiger partial charge in [0.1, 0.15) is 0 Å². The van der Waals surface area contributed by atoms with E-state index in [4.69, 9.17) is 0 Å². The summed E-state index contributed by atoms with van der Waals surface area (Å²) < 4.78 is 30.5. The molecule has 0 saturated carbocycles. The van der Waals surface area contributed by atoms with Crippen molar-refractivity contribution in [2.45, 2.75) is 37.2 Å². The second kappa shape index (κ2) is 9.25. The van der Waals surface area contributed by atoms with Gasteiger partial charge in [-0.1, -0.05) is 82.2 Å².